The summed E-state index contributed by atoms with van der Waals surface area (Å²) >= 11 is 0. The number of hydrogen-bond donors (Lipinski definition) is 1. The number of benzene rings is 1. The number of halogens is 1. The van der Waals surface area contributed by atoms with Gasteiger partial charge in [-0.2, -0.15) is 4.39 Å². The molecule has 2 rings (SSSR count). The van der Waals surface area contributed by atoms with Crippen LogP contribution in [0.1, 0.15) is 5.56 Å². The number of rotatable bonds is 2. The molecule has 1 aromatic heterocycles. The highest BCUT2D eigenvalue weighted by Crippen LogP contribution is 2.24. The summed E-state index contributed by atoms with van der Waals surface area (Å²) in [5.41, 5.74) is 7.83. The summed E-state index contributed by atoms with van der Waals surface area (Å²) in [5, 5.41) is 0. The third kappa shape index (κ3) is 1.87. The predicted molar refractivity (Wildman–Crippen MR) is 57.5 cm³/mol. The van der Waals surface area contributed by atoms with E-state index in [-0.39, 0.29) is 0 Å². The average molecular weight is 202 g/mol. The van der Waals surface area contributed by atoms with Gasteiger partial charge in [0.1, 0.15) is 0 Å². The molecule has 0 atom stereocenters. The number of hydrogen-bond acceptors (Lipinski definition) is 2. The molecular weight excluding hydrogens is 191 g/mol. The largest absolute Gasteiger partial charge is 0.326 e. The van der Waals surface area contributed by atoms with Gasteiger partial charge in [0, 0.05) is 18.3 Å². The first-order chi connectivity index (χ1) is 7.33. The molecule has 0 saturated heterocycles. The van der Waals surface area contributed by atoms with Gasteiger partial charge in [-0.1, -0.05) is 24.3 Å². The fourth-order valence-corrected chi connectivity index (χ4v) is 1.55. The highest BCUT2D eigenvalue weighted by atomic mass is 19.1. The lowest BCUT2D eigenvalue weighted by Crippen LogP contribution is -1.99. The minimum absolute atomic E-state index is 0.393. The van der Waals surface area contributed by atoms with Gasteiger partial charge >= 0.3 is 0 Å². The van der Waals surface area contributed by atoms with Crippen LogP contribution in [0.3, 0.4) is 0 Å². The summed E-state index contributed by atoms with van der Waals surface area (Å²) < 4.78 is 13.4. The van der Waals surface area contributed by atoms with E-state index >= 15 is 0 Å². The van der Waals surface area contributed by atoms with Crippen LogP contribution in [-0.2, 0) is 6.54 Å². The van der Waals surface area contributed by atoms with Gasteiger partial charge in [-0.05, 0) is 23.3 Å². The second kappa shape index (κ2) is 4.19. The molecule has 1 heterocycles. The van der Waals surface area contributed by atoms with Crippen molar-refractivity contribution in [1.82, 2.24) is 4.98 Å². The zero-order valence-corrected chi connectivity index (χ0v) is 8.15. The Morgan fingerprint density at radius 2 is 1.80 bits per heavy atom. The Balaban J connectivity index is 2.59. The molecule has 0 bridgehead atoms. The molecule has 2 N–H and O–H groups in total. The van der Waals surface area contributed by atoms with Crippen molar-refractivity contribution < 1.29 is 4.39 Å². The lowest BCUT2D eigenvalue weighted by Gasteiger charge is -2.07. The maximum Gasteiger partial charge on any atom is 0.220 e. The molecular formula is C12H11FN2. The SMILES string of the molecule is NCc1ccccc1-c1cccnc1F. The maximum absolute atomic E-state index is 13.4. The molecule has 2 aromatic rings. The zero-order valence-electron chi connectivity index (χ0n) is 8.15. The number of aromatic nitrogens is 1. The smallest absolute Gasteiger partial charge is 0.220 e. The van der Waals surface area contributed by atoms with Crippen LogP contribution in [0.15, 0.2) is 42.6 Å². The first-order valence-corrected chi connectivity index (χ1v) is 4.72. The summed E-state index contributed by atoms with van der Waals surface area (Å²) in [6, 6.07) is 10.9. The van der Waals surface area contributed by atoms with Crippen LogP contribution in [0, 0.1) is 5.95 Å². The van der Waals surface area contributed by atoms with Crippen LogP contribution in [-0.4, -0.2) is 4.98 Å². The van der Waals surface area contributed by atoms with E-state index in [9.17, 15) is 4.39 Å². The number of nitrogens with zero attached hydrogens (tertiary/aromatic N) is 1. The Hall–Kier alpha value is -1.74. The van der Waals surface area contributed by atoms with Crippen LogP contribution in [0.25, 0.3) is 11.1 Å². The van der Waals surface area contributed by atoms with Gasteiger partial charge < -0.3 is 5.73 Å². The third-order valence-electron chi connectivity index (χ3n) is 2.29. The number of nitrogens with two attached hydrogens (primary N) is 1. The van der Waals surface area contributed by atoms with Crippen molar-refractivity contribution in [1.29, 1.82) is 0 Å². The van der Waals surface area contributed by atoms with E-state index in [4.69, 9.17) is 5.73 Å². The molecule has 2 nitrogen and oxygen atoms in total. The Morgan fingerprint density at radius 3 is 2.53 bits per heavy atom. The summed E-state index contributed by atoms with van der Waals surface area (Å²) in [5.74, 6) is -0.460. The Labute approximate surface area is 87.6 Å². The molecule has 76 valence electrons. The lowest BCUT2D eigenvalue weighted by atomic mass is 10.0. The summed E-state index contributed by atoms with van der Waals surface area (Å²) in [6.07, 6.45) is 1.43. The lowest BCUT2D eigenvalue weighted by molar-refractivity contribution is 0.587. The summed E-state index contributed by atoms with van der Waals surface area (Å²) in [4.78, 5) is 3.62. The van der Waals surface area contributed by atoms with Gasteiger partial charge in [-0.15, -0.1) is 0 Å². The summed E-state index contributed by atoms with van der Waals surface area (Å²) in [7, 11) is 0. The molecule has 15 heavy (non-hydrogen) atoms. The van der Waals surface area contributed by atoms with Crippen LogP contribution >= 0.6 is 0 Å². The standard InChI is InChI=1S/C12H11FN2/c13-12-11(6-3-7-15-12)10-5-2-1-4-9(10)8-14/h1-7H,8,14H2. The first kappa shape index (κ1) is 9.80. The Bertz CT molecular complexity index is 469. The van der Waals surface area contributed by atoms with Crippen molar-refractivity contribution in [3.8, 4) is 11.1 Å². The Kier molecular flexibility index (Phi) is 2.74. The summed E-state index contributed by atoms with van der Waals surface area (Å²) in [6.45, 7) is 0.393. The zero-order chi connectivity index (χ0) is 10.7. The Morgan fingerprint density at radius 1 is 1.07 bits per heavy atom. The first-order valence-electron chi connectivity index (χ1n) is 4.72. The molecule has 0 fully saturated rings. The second-order valence-corrected chi connectivity index (χ2v) is 3.20. The van der Waals surface area contributed by atoms with E-state index in [1.807, 2.05) is 24.3 Å². The molecule has 0 aliphatic carbocycles. The van der Waals surface area contributed by atoms with Gasteiger partial charge in [0.05, 0.1) is 0 Å². The molecule has 0 unspecified atom stereocenters. The van der Waals surface area contributed by atoms with Crippen LogP contribution in [0.4, 0.5) is 4.39 Å². The quantitative estimate of drug-likeness (QED) is 0.759. The van der Waals surface area contributed by atoms with Crippen molar-refractivity contribution in [2.24, 2.45) is 5.73 Å². The molecule has 0 saturated carbocycles. The highest BCUT2D eigenvalue weighted by molar-refractivity contribution is 5.66. The second-order valence-electron chi connectivity index (χ2n) is 3.20. The van der Waals surface area contributed by atoms with Gasteiger partial charge in [-0.25, -0.2) is 4.98 Å². The fraction of sp³-hybridized carbons (Fsp3) is 0.0833. The van der Waals surface area contributed by atoms with E-state index in [1.165, 1.54) is 6.20 Å². The van der Waals surface area contributed by atoms with Crippen molar-refractivity contribution >= 4 is 0 Å². The maximum atomic E-state index is 13.4. The van der Waals surface area contributed by atoms with Crippen molar-refractivity contribution in [3.63, 3.8) is 0 Å². The van der Waals surface area contributed by atoms with E-state index in [0.717, 1.165) is 11.1 Å². The third-order valence-corrected chi connectivity index (χ3v) is 2.29. The van der Waals surface area contributed by atoms with Crippen LogP contribution in [0.2, 0.25) is 0 Å². The van der Waals surface area contributed by atoms with Gasteiger partial charge in [-0.3, -0.25) is 0 Å². The normalized spacial score (nSPS) is 10.3. The monoisotopic (exact) mass is 202 g/mol. The molecule has 0 spiro atoms. The highest BCUT2D eigenvalue weighted by Gasteiger charge is 2.08. The minimum atomic E-state index is -0.460. The number of pyridine rings is 1. The van der Waals surface area contributed by atoms with E-state index in [0.29, 0.717) is 12.1 Å². The molecule has 0 aliphatic heterocycles. The van der Waals surface area contributed by atoms with Gasteiger partial charge in [0.15, 0.2) is 0 Å². The molecule has 3 heteroatoms. The van der Waals surface area contributed by atoms with Crippen molar-refractivity contribution in [2.45, 2.75) is 6.54 Å². The van der Waals surface area contributed by atoms with Crippen LogP contribution in [0.5, 0.6) is 0 Å². The van der Waals surface area contributed by atoms with Gasteiger partial charge in [0.25, 0.3) is 0 Å². The van der Waals surface area contributed by atoms with Crippen molar-refractivity contribution in [3.05, 3.63) is 54.1 Å². The molecule has 0 aliphatic rings. The van der Waals surface area contributed by atoms with E-state index in [2.05, 4.69) is 4.98 Å². The predicted octanol–water partition coefficient (Wildman–Crippen LogP) is 2.35. The fourth-order valence-electron chi connectivity index (χ4n) is 1.55. The minimum Gasteiger partial charge on any atom is -0.326 e. The molecule has 0 radical (unpaired) electrons. The van der Waals surface area contributed by atoms with Gasteiger partial charge in [0.2, 0.25) is 5.95 Å². The average Bonchev–Trinajstić information content (AvgIpc) is 2.30. The molecule has 0 amide bonds. The topological polar surface area (TPSA) is 38.9 Å². The van der Waals surface area contributed by atoms with E-state index in [1.54, 1.807) is 12.1 Å². The van der Waals surface area contributed by atoms with Crippen molar-refractivity contribution in [2.75, 3.05) is 0 Å². The molecule has 1 aromatic carbocycles. The van der Waals surface area contributed by atoms with E-state index < -0.39 is 5.95 Å². The van der Waals surface area contributed by atoms with Crippen LogP contribution < -0.4 is 5.73 Å².